The molecule has 4 rings (SSSR count). The van der Waals surface area contributed by atoms with Gasteiger partial charge in [0, 0.05) is 32.7 Å². The third kappa shape index (κ3) is 7.44. The molecule has 2 heterocycles. The van der Waals surface area contributed by atoms with Crippen molar-refractivity contribution in [3.05, 3.63) is 83.8 Å². The fraction of sp³-hybridized carbons (Fsp3) is 0.393. The van der Waals surface area contributed by atoms with Crippen molar-refractivity contribution in [3.63, 3.8) is 0 Å². The third-order valence-electron chi connectivity index (χ3n) is 6.49. The quantitative estimate of drug-likeness (QED) is 0.348. The van der Waals surface area contributed by atoms with E-state index in [1.54, 1.807) is 17.0 Å². The van der Waals surface area contributed by atoms with E-state index in [1.165, 1.54) is 23.5 Å². The number of carbonyl (C=O) groups is 1. The maximum Gasteiger partial charge on any atom is 0.243 e. The van der Waals surface area contributed by atoms with Crippen molar-refractivity contribution in [2.75, 3.05) is 53.0 Å². The summed E-state index contributed by atoms with van der Waals surface area (Å²) >= 11 is 0. The van der Waals surface area contributed by atoms with Gasteiger partial charge in [-0.05, 0) is 48.9 Å². The highest BCUT2D eigenvalue weighted by Crippen LogP contribution is 2.21. The van der Waals surface area contributed by atoms with Crippen molar-refractivity contribution >= 4 is 15.9 Å². The summed E-state index contributed by atoms with van der Waals surface area (Å²) in [5, 5.41) is 0. The van der Waals surface area contributed by atoms with E-state index >= 15 is 0 Å². The van der Waals surface area contributed by atoms with E-state index in [-0.39, 0.29) is 30.4 Å². The van der Waals surface area contributed by atoms with Gasteiger partial charge in [-0.1, -0.05) is 30.3 Å². The number of morpholine rings is 1. The first-order valence-electron chi connectivity index (χ1n) is 12.7. The summed E-state index contributed by atoms with van der Waals surface area (Å²) in [4.78, 5) is 17.6. The van der Waals surface area contributed by atoms with Crippen LogP contribution in [0.25, 0.3) is 0 Å². The van der Waals surface area contributed by atoms with E-state index in [9.17, 15) is 13.2 Å². The van der Waals surface area contributed by atoms with Crippen molar-refractivity contribution in [1.82, 2.24) is 14.1 Å². The molecule has 1 fully saturated rings. The average Bonchev–Trinajstić information content (AvgIpc) is 3.36. The lowest BCUT2D eigenvalue weighted by Crippen LogP contribution is -2.47. The summed E-state index contributed by atoms with van der Waals surface area (Å²) in [5.41, 5.74) is 0.946. The molecule has 0 N–H and O–H groups in total. The van der Waals surface area contributed by atoms with Crippen LogP contribution in [0.5, 0.6) is 5.75 Å². The highest BCUT2D eigenvalue weighted by atomic mass is 32.2. The Morgan fingerprint density at radius 3 is 2.32 bits per heavy atom. The Morgan fingerprint density at radius 2 is 1.68 bits per heavy atom. The predicted octanol–water partition coefficient (Wildman–Crippen LogP) is 3.15. The van der Waals surface area contributed by atoms with Gasteiger partial charge in [0.25, 0.3) is 0 Å². The van der Waals surface area contributed by atoms with E-state index in [4.69, 9.17) is 13.9 Å². The fourth-order valence-corrected chi connectivity index (χ4v) is 5.68. The van der Waals surface area contributed by atoms with Gasteiger partial charge in [0.1, 0.15) is 17.3 Å². The van der Waals surface area contributed by atoms with Crippen LogP contribution in [0.3, 0.4) is 0 Å². The maximum absolute atomic E-state index is 13.7. The summed E-state index contributed by atoms with van der Waals surface area (Å²) in [6.45, 7) is 5.48. The molecule has 0 atom stereocenters. The van der Waals surface area contributed by atoms with Crippen molar-refractivity contribution in [2.45, 2.75) is 24.9 Å². The second-order valence-electron chi connectivity index (χ2n) is 9.22. The molecule has 0 bridgehead atoms. The normalized spacial score (nSPS) is 14.5. The Kier molecular flexibility index (Phi) is 9.57. The number of benzene rings is 2. The number of hydrogen-bond donors (Lipinski definition) is 0. The lowest BCUT2D eigenvalue weighted by Gasteiger charge is -2.31. The molecule has 0 aliphatic carbocycles. The Hall–Kier alpha value is -3.18. The van der Waals surface area contributed by atoms with Crippen LogP contribution in [0.15, 0.2) is 76.0 Å². The fourth-order valence-electron chi connectivity index (χ4n) is 4.30. The molecule has 1 aliphatic heterocycles. The van der Waals surface area contributed by atoms with Gasteiger partial charge in [-0.15, -0.1) is 0 Å². The SMILES string of the molecule is COc1ccc(S(=O)(=O)N(CCN2CCOCC2)CC(=O)N(Cc2ccccc2)Cc2ccc(C)o2)cc1. The van der Waals surface area contributed by atoms with Gasteiger partial charge in [-0.25, -0.2) is 8.42 Å². The van der Waals surface area contributed by atoms with Crippen LogP contribution in [0.4, 0.5) is 0 Å². The molecule has 0 spiro atoms. The molecule has 38 heavy (non-hydrogen) atoms. The van der Waals surface area contributed by atoms with E-state index in [0.29, 0.717) is 37.8 Å². The van der Waals surface area contributed by atoms with Crippen LogP contribution >= 0.6 is 0 Å². The van der Waals surface area contributed by atoms with Crippen LogP contribution in [0.2, 0.25) is 0 Å². The van der Waals surface area contributed by atoms with Crippen molar-refractivity contribution in [2.24, 2.45) is 0 Å². The molecule has 1 amide bonds. The highest BCUT2D eigenvalue weighted by Gasteiger charge is 2.29. The lowest BCUT2D eigenvalue weighted by atomic mass is 10.2. The topological polar surface area (TPSA) is 92.5 Å². The average molecular weight is 542 g/mol. The minimum absolute atomic E-state index is 0.115. The van der Waals surface area contributed by atoms with Crippen LogP contribution in [-0.2, 0) is 32.6 Å². The molecule has 204 valence electrons. The minimum Gasteiger partial charge on any atom is -0.497 e. The summed E-state index contributed by atoms with van der Waals surface area (Å²) in [5.74, 6) is 1.65. The Bertz CT molecular complexity index is 1270. The largest absolute Gasteiger partial charge is 0.497 e. The number of aryl methyl sites for hydroxylation is 1. The first-order chi connectivity index (χ1) is 18.3. The Balaban J connectivity index is 1.57. The molecule has 1 saturated heterocycles. The molecule has 2 aromatic carbocycles. The number of methoxy groups -OCH3 is 1. The molecule has 0 saturated carbocycles. The molecule has 1 aromatic heterocycles. The van der Waals surface area contributed by atoms with E-state index in [0.717, 1.165) is 24.4 Å². The van der Waals surface area contributed by atoms with Gasteiger partial charge >= 0.3 is 0 Å². The number of hydrogen-bond acceptors (Lipinski definition) is 7. The predicted molar refractivity (Wildman–Crippen MR) is 143 cm³/mol. The zero-order chi connectivity index (χ0) is 27.0. The number of carbonyl (C=O) groups excluding carboxylic acids is 1. The maximum atomic E-state index is 13.7. The molecule has 3 aromatic rings. The second kappa shape index (κ2) is 13.1. The molecule has 1 aliphatic rings. The first kappa shape index (κ1) is 27.8. The first-order valence-corrected chi connectivity index (χ1v) is 14.1. The van der Waals surface area contributed by atoms with Crippen molar-refractivity contribution in [1.29, 1.82) is 0 Å². The Morgan fingerprint density at radius 1 is 0.974 bits per heavy atom. The number of rotatable bonds is 12. The smallest absolute Gasteiger partial charge is 0.243 e. The van der Waals surface area contributed by atoms with Gasteiger partial charge in [-0.2, -0.15) is 4.31 Å². The van der Waals surface area contributed by atoms with Crippen LogP contribution in [0.1, 0.15) is 17.1 Å². The molecular formula is C28H35N3O6S. The van der Waals surface area contributed by atoms with Crippen molar-refractivity contribution < 1.29 is 27.1 Å². The zero-order valence-electron chi connectivity index (χ0n) is 21.9. The van der Waals surface area contributed by atoms with Gasteiger partial charge in [0.15, 0.2) is 0 Å². The van der Waals surface area contributed by atoms with Crippen molar-refractivity contribution in [3.8, 4) is 5.75 Å². The number of amides is 1. The Labute approximate surface area is 224 Å². The van der Waals surface area contributed by atoms with E-state index in [2.05, 4.69) is 4.90 Å². The number of furan rings is 1. The number of sulfonamides is 1. The van der Waals surface area contributed by atoms with Crippen LogP contribution in [0, 0.1) is 6.92 Å². The van der Waals surface area contributed by atoms with E-state index in [1.807, 2.05) is 49.4 Å². The zero-order valence-corrected chi connectivity index (χ0v) is 22.7. The van der Waals surface area contributed by atoms with Gasteiger partial charge in [0.05, 0.1) is 38.3 Å². The number of ether oxygens (including phenoxy) is 2. The monoisotopic (exact) mass is 541 g/mol. The van der Waals surface area contributed by atoms with E-state index < -0.39 is 10.0 Å². The summed E-state index contributed by atoms with van der Waals surface area (Å²) < 4.78 is 45.1. The van der Waals surface area contributed by atoms with Crippen LogP contribution < -0.4 is 4.74 Å². The second-order valence-corrected chi connectivity index (χ2v) is 11.2. The third-order valence-corrected chi connectivity index (χ3v) is 8.35. The van der Waals surface area contributed by atoms with Crippen LogP contribution in [-0.4, -0.2) is 81.5 Å². The summed E-state index contributed by atoms with van der Waals surface area (Å²) in [6, 6.07) is 19.5. The molecule has 0 unspecified atom stereocenters. The molecular weight excluding hydrogens is 506 g/mol. The minimum atomic E-state index is -3.95. The molecule has 10 heteroatoms. The van der Waals surface area contributed by atoms with Gasteiger partial charge in [0.2, 0.25) is 15.9 Å². The van der Waals surface area contributed by atoms with Gasteiger partial charge < -0.3 is 18.8 Å². The summed E-state index contributed by atoms with van der Waals surface area (Å²) in [7, 11) is -2.42. The highest BCUT2D eigenvalue weighted by molar-refractivity contribution is 7.89. The van der Waals surface area contributed by atoms with Gasteiger partial charge in [-0.3, -0.25) is 9.69 Å². The lowest BCUT2D eigenvalue weighted by molar-refractivity contribution is -0.133. The molecule has 0 radical (unpaired) electrons. The number of nitrogens with zero attached hydrogens (tertiary/aromatic N) is 3. The standard InChI is InChI=1S/C28H35N3O6S/c1-23-8-9-26(37-23)21-30(20-24-6-4-3-5-7-24)28(32)22-31(15-14-29-16-18-36-19-17-29)38(33,34)27-12-10-25(35-2)11-13-27/h3-13H,14-22H2,1-2H3. The molecule has 9 nitrogen and oxygen atoms in total. The summed E-state index contributed by atoms with van der Waals surface area (Å²) in [6.07, 6.45) is 0.